The lowest BCUT2D eigenvalue weighted by atomic mass is 10.0. The van der Waals surface area contributed by atoms with Gasteiger partial charge in [-0.05, 0) is 26.8 Å². The molecule has 2 rings (SSSR count). The highest BCUT2D eigenvalue weighted by Gasteiger charge is 2.35. The predicted molar refractivity (Wildman–Crippen MR) is 77.9 cm³/mol. The zero-order valence-electron chi connectivity index (χ0n) is 12.9. The van der Waals surface area contributed by atoms with E-state index in [1.54, 1.807) is 11.8 Å². The number of amides is 2. The molecule has 1 aliphatic heterocycles. The van der Waals surface area contributed by atoms with Crippen LogP contribution in [0, 0.1) is 17.6 Å². The SMILES string of the molecule is CC(NC(=O)C1CC(=O)N(C(C)C)C1)c1ccc(F)cc1F. The van der Waals surface area contributed by atoms with Gasteiger partial charge in [-0.15, -0.1) is 0 Å². The van der Waals surface area contributed by atoms with Gasteiger partial charge < -0.3 is 10.2 Å². The summed E-state index contributed by atoms with van der Waals surface area (Å²) in [5.41, 5.74) is 0.222. The van der Waals surface area contributed by atoms with Crippen LogP contribution >= 0.6 is 0 Å². The molecule has 4 nitrogen and oxygen atoms in total. The van der Waals surface area contributed by atoms with E-state index in [0.717, 1.165) is 12.1 Å². The van der Waals surface area contributed by atoms with Crippen molar-refractivity contribution >= 4 is 11.8 Å². The van der Waals surface area contributed by atoms with Crippen LogP contribution in [-0.2, 0) is 9.59 Å². The van der Waals surface area contributed by atoms with Crippen LogP contribution in [0.15, 0.2) is 18.2 Å². The summed E-state index contributed by atoms with van der Waals surface area (Å²) in [5, 5.41) is 2.70. The van der Waals surface area contributed by atoms with Crippen LogP contribution in [0.1, 0.15) is 38.8 Å². The minimum Gasteiger partial charge on any atom is -0.349 e. The lowest BCUT2D eigenvalue weighted by Crippen LogP contribution is -2.36. The molecule has 1 aromatic rings. The van der Waals surface area contributed by atoms with Gasteiger partial charge in [-0.2, -0.15) is 0 Å². The molecule has 0 saturated carbocycles. The Bertz CT molecular complexity index is 590. The van der Waals surface area contributed by atoms with Crippen molar-refractivity contribution in [3.05, 3.63) is 35.4 Å². The third-order valence-electron chi connectivity index (χ3n) is 3.94. The molecule has 0 spiro atoms. The molecule has 0 radical (unpaired) electrons. The van der Waals surface area contributed by atoms with E-state index in [2.05, 4.69) is 5.32 Å². The summed E-state index contributed by atoms with van der Waals surface area (Å²) in [6.07, 6.45) is 0.169. The first-order chi connectivity index (χ1) is 10.3. The van der Waals surface area contributed by atoms with Crippen LogP contribution in [0.3, 0.4) is 0 Å². The van der Waals surface area contributed by atoms with Gasteiger partial charge >= 0.3 is 0 Å². The largest absolute Gasteiger partial charge is 0.349 e. The van der Waals surface area contributed by atoms with Crippen LogP contribution in [0.25, 0.3) is 0 Å². The van der Waals surface area contributed by atoms with Crippen molar-refractivity contribution in [3.8, 4) is 0 Å². The molecule has 1 aliphatic rings. The highest BCUT2D eigenvalue weighted by Crippen LogP contribution is 2.23. The van der Waals surface area contributed by atoms with E-state index >= 15 is 0 Å². The zero-order chi connectivity index (χ0) is 16.4. The third kappa shape index (κ3) is 3.43. The van der Waals surface area contributed by atoms with Crippen molar-refractivity contribution in [1.29, 1.82) is 0 Å². The number of carbonyl (C=O) groups is 2. The summed E-state index contributed by atoms with van der Waals surface area (Å²) in [7, 11) is 0. The van der Waals surface area contributed by atoms with Gasteiger partial charge in [0.15, 0.2) is 0 Å². The Morgan fingerprint density at radius 1 is 1.32 bits per heavy atom. The Hall–Kier alpha value is -1.98. The van der Waals surface area contributed by atoms with Gasteiger partial charge in [0.1, 0.15) is 11.6 Å². The zero-order valence-corrected chi connectivity index (χ0v) is 12.9. The van der Waals surface area contributed by atoms with E-state index in [1.165, 1.54) is 6.07 Å². The number of hydrogen-bond donors (Lipinski definition) is 1. The molecule has 1 heterocycles. The maximum atomic E-state index is 13.7. The van der Waals surface area contributed by atoms with Gasteiger partial charge in [-0.3, -0.25) is 9.59 Å². The maximum absolute atomic E-state index is 13.7. The number of nitrogens with one attached hydrogen (secondary N) is 1. The Balaban J connectivity index is 2.01. The van der Waals surface area contributed by atoms with Gasteiger partial charge in [0.05, 0.1) is 12.0 Å². The molecule has 0 aliphatic carbocycles. The molecule has 1 fully saturated rings. The van der Waals surface area contributed by atoms with Crippen molar-refractivity contribution in [2.75, 3.05) is 6.54 Å². The van der Waals surface area contributed by atoms with Crippen molar-refractivity contribution in [2.45, 2.75) is 39.3 Å². The Morgan fingerprint density at radius 3 is 2.55 bits per heavy atom. The summed E-state index contributed by atoms with van der Waals surface area (Å²) in [5.74, 6) is -2.11. The minimum absolute atomic E-state index is 0.0456. The van der Waals surface area contributed by atoms with E-state index in [0.29, 0.717) is 6.54 Å². The van der Waals surface area contributed by atoms with Crippen LogP contribution in [-0.4, -0.2) is 29.3 Å². The quantitative estimate of drug-likeness (QED) is 0.928. The van der Waals surface area contributed by atoms with Crippen molar-refractivity contribution in [1.82, 2.24) is 10.2 Å². The molecule has 22 heavy (non-hydrogen) atoms. The normalized spacial score (nSPS) is 19.6. The fourth-order valence-corrected chi connectivity index (χ4v) is 2.67. The van der Waals surface area contributed by atoms with Gasteiger partial charge in [-0.1, -0.05) is 6.07 Å². The number of halogens is 2. The standard InChI is InChI=1S/C16H20F2N2O2/c1-9(2)20-8-11(6-15(20)21)16(22)19-10(3)13-5-4-12(17)7-14(13)18/h4-5,7,9-11H,6,8H2,1-3H3,(H,19,22). The lowest BCUT2D eigenvalue weighted by molar-refractivity contribution is -0.130. The first-order valence-electron chi connectivity index (χ1n) is 7.34. The number of hydrogen-bond acceptors (Lipinski definition) is 2. The fraction of sp³-hybridized carbons (Fsp3) is 0.500. The monoisotopic (exact) mass is 310 g/mol. The van der Waals surface area contributed by atoms with Crippen molar-refractivity contribution in [3.63, 3.8) is 0 Å². The van der Waals surface area contributed by atoms with Gasteiger partial charge in [0.25, 0.3) is 0 Å². The molecule has 1 saturated heterocycles. The maximum Gasteiger partial charge on any atom is 0.225 e. The lowest BCUT2D eigenvalue weighted by Gasteiger charge is -2.21. The van der Waals surface area contributed by atoms with Crippen molar-refractivity contribution < 1.29 is 18.4 Å². The highest BCUT2D eigenvalue weighted by atomic mass is 19.1. The van der Waals surface area contributed by atoms with Gasteiger partial charge in [0.2, 0.25) is 11.8 Å². The average Bonchev–Trinajstić information content (AvgIpc) is 2.80. The average molecular weight is 310 g/mol. The van der Waals surface area contributed by atoms with Crippen LogP contribution in [0.5, 0.6) is 0 Å². The smallest absolute Gasteiger partial charge is 0.225 e. The van der Waals surface area contributed by atoms with Crippen LogP contribution < -0.4 is 5.32 Å². The molecule has 2 amide bonds. The van der Waals surface area contributed by atoms with Crippen LogP contribution in [0.2, 0.25) is 0 Å². The second-order valence-corrected chi connectivity index (χ2v) is 5.94. The summed E-state index contributed by atoms with van der Waals surface area (Å²) < 4.78 is 26.6. The molecule has 6 heteroatoms. The molecule has 1 N–H and O–H groups in total. The van der Waals surface area contributed by atoms with Crippen molar-refractivity contribution in [2.24, 2.45) is 5.92 Å². The molecule has 2 atom stereocenters. The number of rotatable bonds is 4. The number of carbonyl (C=O) groups excluding carboxylic acids is 2. The molecule has 0 aromatic heterocycles. The predicted octanol–water partition coefficient (Wildman–Crippen LogP) is 2.40. The van der Waals surface area contributed by atoms with E-state index in [9.17, 15) is 18.4 Å². The topological polar surface area (TPSA) is 49.4 Å². The molecule has 0 bridgehead atoms. The first-order valence-corrected chi connectivity index (χ1v) is 7.34. The molecular weight excluding hydrogens is 290 g/mol. The van der Waals surface area contributed by atoms with E-state index in [1.807, 2.05) is 13.8 Å². The van der Waals surface area contributed by atoms with E-state index < -0.39 is 23.6 Å². The summed E-state index contributed by atoms with van der Waals surface area (Å²) >= 11 is 0. The van der Waals surface area contributed by atoms with E-state index in [-0.39, 0.29) is 29.8 Å². The summed E-state index contributed by atoms with van der Waals surface area (Å²) in [4.78, 5) is 25.7. The number of benzene rings is 1. The number of likely N-dealkylation sites (tertiary alicyclic amines) is 1. The second kappa shape index (κ2) is 6.42. The Labute approximate surface area is 128 Å². The molecule has 2 unspecified atom stereocenters. The van der Waals surface area contributed by atoms with Gasteiger partial charge in [-0.25, -0.2) is 8.78 Å². The second-order valence-electron chi connectivity index (χ2n) is 5.94. The molecule has 120 valence electrons. The minimum atomic E-state index is -0.695. The third-order valence-corrected chi connectivity index (χ3v) is 3.94. The van der Waals surface area contributed by atoms with Gasteiger partial charge in [0, 0.05) is 30.6 Å². The molecule has 1 aromatic carbocycles. The first kappa shape index (κ1) is 16.4. The molecular formula is C16H20F2N2O2. The number of nitrogens with zero attached hydrogens (tertiary/aromatic N) is 1. The fourth-order valence-electron chi connectivity index (χ4n) is 2.67. The Kier molecular flexibility index (Phi) is 4.78. The van der Waals surface area contributed by atoms with E-state index in [4.69, 9.17) is 0 Å². The summed E-state index contributed by atoms with van der Waals surface area (Å²) in [6, 6.07) is 2.72. The highest BCUT2D eigenvalue weighted by molar-refractivity contribution is 5.89. The summed E-state index contributed by atoms with van der Waals surface area (Å²) in [6.45, 7) is 5.80. The van der Waals surface area contributed by atoms with Crippen LogP contribution in [0.4, 0.5) is 8.78 Å². The Morgan fingerprint density at radius 2 is 2.00 bits per heavy atom.